The molecule has 5 heteroatoms. The minimum absolute atomic E-state index is 0.125. The normalized spacial score (nSPS) is 22.2. The van der Waals surface area contributed by atoms with Gasteiger partial charge in [0.2, 0.25) is 0 Å². The number of hydrogen-bond donors (Lipinski definition) is 1. The van der Waals surface area contributed by atoms with Crippen LogP contribution in [0.5, 0.6) is 0 Å². The molecule has 0 aromatic carbocycles. The largest absolute Gasteiger partial charge is 0.481 e. The number of hydrogen-bond acceptors (Lipinski definition) is 3. The second-order valence-corrected chi connectivity index (χ2v) is 8.03. The number of carbonyl (C=O) groups is 1. The maximum absolute atomic E-state index is 14.8. The van der Waals surface area contributed by atoms with Gasteiger partial charge in [0.05, 0.1) is 18.4 Å². The minimum Gasteiger partial charge on any atom is -0.481 e. The van der Waals surface area contributed by atoms with E-state index in [-0.39, 0.29) is 12.2 Å². The van der Waals surface area contributed by atoms with Gasteiger partial charge in [-0.15, -0.1) is 0 Å². The Balaban J connectivity index is 0.00000137. The van der Waals surface area contributed by atoms with Crippen molar-refractivity contribution in [2.75, 3.05) is 19.7 Å². The van der Waals surface area contributed by atoms with Crippen molar-refractivity contribution in [3.63, 3.8) is 0 Å². The van der Waals surface area contributed by atoms with Crippen LogP contribution in [0.3, 0.4) is 0 Å². The maximum Gasteiger partial charge on any atom is 0.303 e. The van der Waals surface area contributed by atoms with Crippen molar-refractivity contribution < 1.29 is 19.0 Å². The SMILES string of the molecule is CC.CC.O=C(O)CCC1=C/C=C/CN(C2=C(F)C=CC(COC3CCC3)=CC2)CCC\C=C\1. The molecule has 34 heavy (non-hydrogen) atoms. The highest BCUT2D eigenvalue weighted by Crippen LogP contribution is 2.26. The van der Waals surface area contributed by atoms with Crippen molar-refractivity contribution in [2.45, 2.75) is 85.2 Å². The van der Waals surface area contributed by atoms with E-state index in [9.17, 15) is 9.18 Å². The van der Waals surface area contributed by atoms with Crippen LogP contribution in [0.25, 0.3) is 0 Å². The van der Waals surface area contributed by atoms with E-state index in [1.54, 1.807) is 6.08 Å². The van der Waals surface area contributed by atoms with Gasteiger partial charge >= 0.3 is 5.97 Å². The first-order valence-corrected chi connectivity index (χ1v) is 13.0. The summed E-state index contributed by atoms with van der Waals surface area (Å²) in [4.78, 5) is 12.9. The van der Waals surface area contributed by atoms with Crippen LogP contribution < -0.4 is 0 Å². The summed E-state index contributed by atoms with van der Waals surface area (Å²) in [5.41, 5.74) is 2.76. The van der Waals surface area contributed by atoms with Crippen LogP contribution in [0.1, 0.15) is 79.1 Å². The van der Waals surface area contributed by atoms with Gasteiger partial charge in [-0.3, -0.25) is 4.79 Å². The number of carboxylic acids is 1. The van der Waals surface area contributed by atoms with Gasteiger partial charge in [0.15, 0.2) is 0 Å². The monoisotopic (exact) mass is 473 g/mol. The fourth-order valence-corrected chi connectivity index (χ4v) is 3.63. The zero-order chi connectivity index (χ0) is 25.2. The van der Waals surface area contributed by atoms with Crippen molar-refractivity contribution >= 4 is 5.97 Å². The zero-order valence-electron chi connectivity index (χ0n) is 21.6. The highest BCUT2D eigenvalue weighted by atomic mass is 19.1. The first-order valence-electron chi connectivity index (χ1n) is 13.0. The first kappa shape index (κ1) is 29.6. The summed E-state index contributed by atoms with van der Waals surface area (Å²) < 4.78 is 20.7. The number of nitrogens with zero attached hydrogens (tertiary/aromatic N) is 1. The second kappa shape index (κ2) is 18.0. The van der Waals surface area contributed by atoms with E-state index >= 15 is 0 Å². The third-order valence-electron chi connectivity index (χ3n) is 5.73. The molecule has 0 unspecified atom stereocenters. The molecule has 4 nitrogen and oxygen atoms in total. The highest BCUT2D eigenvalue weighted by Gasteiger charge is 2.19. The van der Waals surface area contributed by atoms with E-state index in [2.05, 4.69) is 17.1 Å². The average molecular weight is 474 g/mol. The van der Waals surface area contributed by atoms with Crippen molar-refractivity contribution in [3.05, 3.63) is 71.3 Å². The smallest absolute Gasteiger partial charge is 0.303 e. The first-order chi connectivity index (χ1) is 16.6. The van der Waals surface area contributed by atoms with Crippen LogP contribution in [0.15, 0.2) is 71.3 Å². The van der Waals surface area contributed by atoms with Crippen LogP contribution in [-0.4, -0.2) is 41.8 Å². The van der Waals surface area contributed by atoms with Gasteiger partial charge in [-0.2, -0.15) is 0 Å². The zero-order valence-corrected chi connectivity index (χ0v) is 21.6. The summed E-state index contributed by atoms with van der Waals surface area (Å²) >= 11 is 0. The number of allylic oxidation sites excluding steroid dienone is 8. The van der Waals surface area contributed by atoms with E-state index in [0.717, 1.165) is 43.4 Å². The van der Waals surface area contributed by atoms with Gasteiger partial charge in [0.25, 0.3) is 0 Å². The fourth-order valence-electron chi connectivity index (χ4n) is 3.63. The second-order valence-electron chi connectivity index (χ2n) is 8.03. The van der Waals surface area contributed by atoms with E-state index in [4.69, 9.17) is 9.84 Å². The van der Waals surface area contributed by atoms with Crippen molar-refractivity contribution in [1.82, 2.24) is 4.90 Å². The molecule has 0 aromatic rings. The molecule has 0 spiro atoms. The Morgan fingerprint density at radius 1 is 1.09 bits per heavy atom. The molecule has 1 heterocycles. The summed E-state index contributed by atoms with van der Waals surface area (Å²) in [5, 5.41) is 8.90. The molecular weight excluding hydrogens is 429 g/mol. The van der Waals surface area contributed by atoms with Gasteiger partial charge in [-0.05, 0) is 55.7 Å². The molecule has 0 atom stereocenters. The van der Waals surface area contributed by atoms with Crippen LogP contribution in [-0.2, 0) is 9.53 Å². The van der Waals surface area contributed by atoms with E-state index in [1.807, 2.05) is 58.1 Å². The number of carboxylic acid groups (broad SMARTS) is 1. The number of aliphatic carboxylic acids is 1. The topological polar surface area (TPSA) is 49.8 Å². The lowest BCUT2D eigenvalue weighted by Gasteiger charge is -2.26. The lowest BCUT2D eigenvalue weighted by atomic mass is 9.96. The number of rotatable bonds is 7. The Hall–Kier alpha value is -2.40. The van der Waals surface area contributed by atoms with Gasteiger partial charge in [-0.1, -0.05) is 70.2 Å². The summed E-state index contributed by atoms with van der Waals surface area (Å²) in [6.45, 7) is 9.95. The molecule has 190 valence electrons. The van der Waals surface area contributed by atoms with Crippen molar-refractivity contribution in [1.29, 1.82) is 0 Å². The van der Waals surface area contributed by atoms with Crippen LogP contribution in [0, 0.1) is 0 Å². The maximum atomic E-state index is 14.8. The van der Waals surface area contributed by atoms with Crippen LogP contribution >= 0.6 is 0 Å². The molecule has 1 N–H and O–H groups in total. The lowest BCUT2D eigenvalue weighted by molar-refractivity contribution is -0.136. The Morgan fingerprint density at radius 3 is 2.53 bits per heavy atom. The predicted octanol–water partition coefficient (Wildman–Crippen LogP) is 7.67. The summed E-state index contributed by atoms with van der Waals surface area (Å²) in [6.07, 6.45) is 22.4. The van der Waals surface area contributed by atoms with Crippen LogP contribution in [0.2, 0.25) is 0 Å². The molecule has 0 aromatic heterocycles. The molecule has 0 radical (unpaired) electrons. The summed E-state index contributed by atoms with van der Waals surface area (Å²) in [7, 11) is 0. The third kappa shape index (κ3) is 11.1. The lowest BCUT2D eigenvalue weighted by Crippen LogP contribution is -2.25. The number of halogens is 1. The van der Waals surface area contributed by atoms with E-state index in [0.29, 0.717) is 37.8 Å². The van der Waals surface area contributed by atoms with E-state index in [1.165, 1.54) is 6.42 Å². The minimum atomic E-state index is -0.789. The van der Waals surface area contributed by atoms with Gasteiger partial charge in [0, 0.05) is 25.9 Å². The predicted molar refractivity (Wildman–Crippen MR) is 140 cm³/mol. The third-order valence-corrected chi connectivity index (χ3v) is 5.73. The number of ether oxygens (including phenoxy) is 1. The Bertz CT molecular complexity index is 785. The molecule has 3 aliphatic rings. The molecule has 1 fully saturated rings. The molecule has 0 saturated heterocycles. The average Bonchev–Trinajstić information content (AvgIpc) is 3.03. The van der Waals surface area contributed by atoms with Gasteiger partial charge < -0.3 is 14.7 Å². The molecular formula is C29H44FNO3. The Kier molecular flexibility index (Phi) is 15.7. The Morgan fingerprint density at radius 2 is 1.85 bits per heavy atom. The van der Waals surface area contributed by atoms with E-state index < -0.39 is 5.97 Å². The summed E-state index contributed by atoms with van der Waals surface area (Å²) in [5.74, 6) is -0.968. The summed E-state index contributed by atoms with van der Waals surface area (Å²) in [6, 6.07) is 0. The fraction of sp³-hybridized carbons (Fsp3) is 0.552. The molecule has 0 amide bonds. The molecule has 3 rings (SSSR count). The van der Waals surface area contributed by atoms with Crippen molar-refractivity contribution in [3.8, 4) is 0 Å². The Labute approximate surface area is 206 Å². The standard InChI is InChI=1S/C25H32FNO3.2C2H6/c26-23-14-11-21(19-30-22-9-6-10-22)12-15-24(23)27-17-4-1-2-7-20(8-3-5-18-27)13-16-25(28)29;2*1-2/h2-3,5,7-8,11-12,14,22H,1,4,6,9-10,13,15-19H2,(H,28,29);2*1-2H3/b5-3+,7-2+,20-8+;;. The molecule has 2 aliphatic carbocycles. The molecule has 0 bridgehead atoms. The van der Waals surface area contributed by atoms with Crippen LogP contribution in [0.4, 0.5) is 4.39 Å². The molecule has 1 saturated carbocycles. The quantitative estimate of drug-likeness (QED) is 0.412. The highest BCUT2D eigenvalue weighted by molar-refractivity contribution is 5.67. The van der Waals surface area contributed by atoms with Crippen molar-refractivity contribution in [2.24, 2.45) is 0 Å². The van der Waals surface area contributed by atoms with Gasteiger partial charge in [-0.25, -0.2) is 4.39 Å². The van der Waals surface area contributed by atoms with Gasteiger partial charge in [0.1, 0.15) is 5.83 Å². The molecule has 1 aliphatic heterocycles.